The number of aromatic amines is 1. The molecule has 0 saturated heterocycles. The average molecular weight is 349 g/mol. The Morgan fingerprint density at radius 1 is 1.08 bits per heavy atom. The summed E-state index contributed by atoms with van der Waals surface area (Å²) in [6.45, 7) is 1.99. The van der Waals surface area contributed by atoms with Crippen LogP contribution in [-0.2, 0) is 0 Å². The van der Waals surface area contributed by atoms with Gasteiger partial charge in [0.1, 0.15) is 12.2 Å². The number of nitrogens with zero attached hydrogens (tertiary/aromatic N) is 4. The molecular formula is C18H15N5OS. The fourth-order valence-corrected chi connectivity index (χ4v) is 3.48. The minimum atomic E-state index is -0.127. The number of benzene rings is 2. The molecule has 1 N–H and O–H groups in total. The Morgan fingerprint density at radius 3 is 2.68 bits per heavy atom. The van der Waals surface area contributed by atoms with Crippen molar-refractivity contribution in [2.24, 2.45) is 0 Å². The predicted octanol–water partition coefficient (Wildman–Crippen LogP) is 3.36. The van der Waals surface area contributed by atoms with Gasteiger partial charge in [-0.2, -0.15) is 0 Å². The smallest absolute Gasteiger partial charge is 0.258 e. The van der Waals surface area contributed by atoms with Gasteiger partial charge in [-0.15, -0.1) is 10.2 Å². The Kier molecular flexibility index (Phi) is 4.07. The monoisotopic (exact) mass is 349 g/mol. The molecule has 25 heavy (non-hydrogen) atoms. The molecule has 0 spiro atoms. The summed E-state index contributed by atoms with van der Waals surface area (Å²) in [5, 5.41) is 9.47. The van der Waals surface area contributed by atoms with Crippen LogP contribution in [0.3, 0.4) is 0 Å². The minimum Gasteiger partial charge on any atom is -0.309 e. The Bertz CT molecular complexity index is 1070. The van der Waals surface area contributed by atoms with E-state index in [9.17, 15) is 4.79 Å². The summed E-state index contributed by atoms with van der Waals surface area (Å²) in [6, 6.07) is 17.2. The first-order valence-electron chi connectivity index (χ1n) is 7.83. The largest absolute Gasteiger partial charge is 0.309 e. The van der Waals surface area contributed by atoms with Crippen LogP contribution in [0.4, 0.5) is 0 Å². The fourth-order valence-electron chi connectivity index (χ4n) is 2.58. The van der Waals surface area contributed by atoms with Gasteiger partial charge in [-0.25, -0.2) is 4.98 Å². The number of hydrogen-bond acceptors (Lipinski definition) is 5. The number of rotatable bonds is 4. The van der Waals surface area contributed by atoms with Gasteiger partial charge < -0.3 is 4.98 Å². The lowest BCUT2D eigenvalue weighted by Crippen LogP contribution is -2.13. The summed E-state index contributed by atoms with van der Waals surface area (Å²) >= 11 is 1.50. The highest BCUT2D eigenvalue weighted by molar-refractivity contribution is 7.99. The molecule has 2 heterocycles. The van der Waals surface area contributed by atoms with Crippen LogP contribution < -0.4 is 5.56 Å². The number of hydrogen-bond donors (Lipinski definition) is 1. The molecule has 0 unspecified atom stereocenters. The SMILES string of the molecule is C[C@@H](Sc1nncn1-c1ccccc1)c1nc2ccccc2c(=O)[nH]1. The van der Waals surface area contributed by atoms with Gasteiger partial charge in [0.05, 0.1) is 16.2 Å². The number of para-hydroxylation sites is 2. The van der Waals surface area contributed by atoms with E-state index in [4.69, 9.17) is 0 Å². The molecular weight excluding hydrogens is 334 g/mol. The maximum absolute atomic E-state index is 12.3. The van der Waals surface area contributed by atoms with Crippen LogP contribution in [0.2, 0.25) is 0 Å². The normalized spacial score (nSPS) is 12.4. The van der Waals surface area contributed by atoms with Crippen LogP contribution in [0.15, 0.2) is 70.9 Å². The van der Waals surface area contributed by atoms with Crippen molar-refractivity contribution in [3.05, 3.63) is 77.1 Å². The van der Waals surface area contributed by atoms with Crippen molar-refractivity contribution in [2.75, 3.05) is 0 Å². The van der Waals surface area contributed by atoms with Gasteiger partial charge in [0, 0.05) is 5.69 Å². The number of thioether (sulfide) groups is 1. The van der Waals surface area contributed by atoms with Gasteiger partial charge in [0.25, 0.3) is 5.56 Å². The molecule has 1 atom stereocenters. The van der Waals surface area contributed by atoms with E-state index < -0.39 is 0 Å². The molecule has 4 aromatic rings. The van der Waals surface area contributed by atoms with E-state index in [-0.39, 0.29) is 10.8 Å². The predicted molar refractivity (Wildman–Crippen MR) is 98.0 cm³/mol. The van der Waals surface area contributed by atoms with Crippen LogP contribution in [0, 0.1) is 0 Å². The lowest BCUT2D eigenvalue weighted by atomic mass is 10.2. The Morgan fingerprint density at radius 2 is 1.84 bits per heavy atom. The van der Waals surface area contributed by atoms with Crippen molar-refractivity contribution >= 4 is 22.7 Å². The van der Waals surface area contributed by atoms with Crippen LogP contribution in [0.1, 0.15) is 18.0 Å². The second kappa shape index (κ2) is 6.52. The first-order valence-corrected chi connectivity index (χ1v) is 8.71. The fraction of sp³-hybridized carbons (Fsp3) is 0.111. The van der Waals surface area contributed by atoms with Crippen LogP contribution in [-0.4, -0.2) is 24.7 Å². The third-order valence-electron chi connectivity index (χ3n) is 3.85. The third-order valence-corrected chi connectivity index (χ3v) is 4.92. The number of H-pyrrole nitrogens is 1. The van der Waals surface area contributed by atoms with E-state index in [0.29, 0.717) is 16.7 Å². The molecule has 0 amide bonds. The van der Waals surface area contributed by atoms with Gasteiger partial charge in [0.15, 0.2) is 5.16 Å². The molecule has 6 nitrogen and oxygen atoms in total. The molecule has 124 valence electrons. The van der Waals surface area contributed by atoms with Crippen molar-refractivity contribution in [1.29, 1.82) is 0 Å². The van der Waals surface area contributed by atoms with E-state index >= 15 is 0 Å². The summed E-state index contributed by atoms with van der Waals surface area (Å²) in [5.74, 6) is 0.622. The van der Waals surface area contributed by atoms with E-state index in [1.807, 2.05) is 60.0 Å². The molecule has 4 rings (SSSR count). The molecule has 0 bridgehead atoms. The van der Waals surface area contributed by atoms with Crippen LogP contribution >= 0.6 is 11.8 Å². The summed E-state index contributed by atoms with van der Waals surface area (Å²) in [4.78, 5) is 19.7. The van der Waals surface area contributed by atoms with E-state index in [2.05, 4.69) is 20.2 Å². The van der Waals surface area contributed by atoms with Crippen molar-refractivity contribution in [1.82, 2.24) is 24.7 Å². The molecule has 0 aliphatic rings. The molecule has 0 aliphatic heterocycles. The molecule has 0 aliphatic carbocycles. The second-order valence-corrected chi connectivity index (χ2v) is 6.86. The third kappa shape index (κ3) is 3.06. The van der Waals surface area contributed by atoms with Gasteiger partial charge in [-0.1, -0.05) is 42.1 Å². The zero-order valence-electron chi connectivity index (χ0n) is 13.5. The van der Waals surface area contributed by atoms with Gasteiger partial charge in [0.2, 0.25) is 0 Å². The summed E-state index contributed by atoms with van der Waals surface area (Å²) in [5.41, 5.74) is 1.55. The maximum Gasteiger partial charge on any atom is 0.258 e. The lowest BCUT2D eigenvalue weighted by molar-refractivity contribution is 0.861. The Labute approximate surface area is 148 Å². The van der Waals surface area contributed by atoms with Crippen LogP contribution in [0.5, 0.6) is 0 Å². The van der Waals surface area contributed by atoms with Crippen LogP contribution in [0.25, 0.3) is 16.6 Å². The molecule has 0 radical (unpaired) electrons. The number of aromatic nitrogens is 5. The lowest BCUT2D eigenvalue weighted by Gasteiger charge is -2.12. The topological polar surface area (TPSA) is 76.5 Å². The maximum atomic E-state index is 12.3. The van der Waals surface area contributed by atoms with Crippen molar-refractivity contribution in [3.63, 3.8) is 0 Å². The molecule has 2 aromatic carbocycles. The standard InChI is InChI=1S/C18H15N5OS/c1-12(16-20-15-10-6-5-9-14(15)17(24)21-16)25-18-22-19-11-23(18)13-7-3-2-4-8-13/h2-12H,1H3,(H,20,21,24)/t12-/m1/s1. The van der Waals surface area contributed by atoms with Crippen molar-refractivity contribution in [2.45, 2.75) is 17.3 Å². The number of fused-ring (bicyclic) bond motifs is 1. The minimum absolute atomic E-state index is 0.0797. The average Bonchev–Trinajstić information content (AvgIpc) is 3.10. The zero-order valence-corrected chi connectivity index (χ0v) is 14.3. The van der Waals surface area contributed by atoms with E-state index in [1.54, 1.807) is 12.4 Å². The molecule has 7 heteroatoms. The van der Waals surface area contributed by atoms with Crippen molar-refractivity contribution in [3.8, 4) is 5.69 Å². The summed E-state index contributed by atoms with van der Waals surface area (Å²) in [6.07, 6.45) is 1.68. The Balaban J connectivity index is 1.67. The van der Waals surface area contributed by atoms with Gasteiger partial charge >= 0.3 is 0 Å². The zero-order chi connectivity index (χ0) is 17.2. The highest BCUT2D eigenvalue weighted by Crippen LogP contribution is 2.32. The first kappa shape index (κ1) is 15.6. The first-order chi connectivity index (χ1) is 12.2. The van der Waals surface area contributed by atoms with E-state index in [0.717, 1.165) is 10.8 Å². The Hall–Kier alpha value is -2.93. The molecule has 2 aromatic heterocycles. The highest BCUT2D eigenvalue weighted by atomic mass is 32.2. The number of nitrogens with one attached hydrogen (secondary N) is 1. The summed E-state index contributed by atoms with van der Waals surface area (Å²) in [7, 11) is 0. The second-order valence-electron chi connectivity index (χ2n) is 5.55. The van der Waals surface area contributed by atoms with E-state index in [1.165, 1.54) is 11.8 Å². The quantitative estimate of drug-likeness (QED) is 0.572. The van der Waals surface area contributed by atoms with Gasteiger partial charge in [-0.05, 0) is 31.2 Å². The highest BCUT2D eigenvalue weighted by Gasteiger charge is 2.16. The van der Waals surface area contributed by atoms with Gasteiger partial charge in [-0.3, -0.25) is 9.36 Å². The molecule has 0 fully saturated rings. The molecule has 0 saturated carbocycles. The summed E-state index contributed by atoms with van der Waals surface area (Å²) < 4.78 is 1.92. The van der Waals surface area contributed by atoms with Crippen molar-refractivity contribution < 1.29 is 0 Å².